The fraction of sp³-hybridized carbons (Fsp3) is 0.429. The minimum absolute atomic E-state index is 0.134. The van der Waals surface area contributed by atoms with Gasteiger partial charge in [-0.25, -0.2) is 4.98 Å². The summed E-state index contributed by atoms with van der Waals surface area (Å²) in [6.07, 6.45) is 2.68. The van der Waals surface area contributed by atoms with Crippen LogP contribution < -0.4 is 15.2 Å². The molecule has 1 saturated heterocycles. The van der Waals surface area contributed by atoms with Gasteiger partial charge in [-0.2, -0.15) is 5.26 Å². The predicted octanol–water partition coefficient (Wildman–Crippen LogP) is 2.40. The van der Waals surface area contributed by atoms with Gasteiger partial charge >= 0.3 is 0 Å². The van der Waals surface area contributed by atoms with E-state index in [1.54, 1.807) is 29.3 Å². The Morgan fingerprint density at radius 2 is 2.21 bits per heavy atom. The van der Waals surface area contributed by atoms with Crippen LogP contribution in [0, 0.1) is 11.3 Å². The Kier molecular flexibility index (Phi) is 6.17. The van der Waals surface area contributed by atoms with Crippen molar-refractivity contribution in [2.45, 2.75) is 45.3 Å². The monoisotopic (exact) mass is 396 g/mol. The first-order valence-corrected chi connectivity index (χ1v) is 9.59. The molecule has 0 radical (unpaired) electrons. The van der Waals surface area contributed by atoms with Gasteiger partial charge in [0.2, 0.25) is 11.8 Å². The molecule has 1 atom stereocenters. The third-order valence-electron chi connectivity index (χ3n) is 4.70. The molecule has 0 bridgehead atoms. The Hall–Kier alpha value is -3.34. The van der Waals surface area contributed by atoms with E-state index in [0.29, 0.717) is 35.7 Å². The lowest BCUT2D eigenvalue weighted by atomic mass is 10.1. The lowest BCUT2D eigenvalue weighted by Crippen LogP contribution is -2.44. The van der Waals surface area contributed by atoms with Gasteiger partial charge in [0.15, 0.2) is 0 Å². The lowest BCUT2D eigenvalue weighted by Gasteiger charge is -2.32. The molecule has 2 amide bonds. The van der Waals surface area contributed by atoms with Gasteiger partial charge < -0.3 is 20.1 Å². The van der Waals surface area contributed by atoms with E-state index in [2.05, 4.69) is 4.98 Å². The van der Waals surface area contributed by atoms with E-state index < -0.39 is 5.91 Å². The molecule has 1 fully saturated rings. The zero-order chi connectivity index (χ0) is 21.0. The molecule has 0 spiro atoms. The topological polar surface area (TPSA) is 119 Å². The van der Waals surface area contributed by atoms with Crippen molar-refractivity contribution >= 4 is 22.6 Å². The van der Waals surface area contributed by atoms with Crippen molar-refractivity contribution in [1.82, 2.24) is 9.88 Å². The summed E-state index contributed by atoms with van der Waals surface area (Å²) < 4.78 is 11.9. The lowest BCUT2D eigenvalue weighted by molar-refractivity contribution is -0.132. The number of nitriles is 1. The zero-order valence-corrected chi connectivity index (χ0v) is 16.6. The Labute approximate surface area is 169 Å². The van der Waals surface area contributed by atoms with Crippen LogP contribution in [0.15, 0.2) is 24.4 Å². The Morgan fingerprint density at radius 3 is 2.90 bits per heavy atom. The third kappa shape index (κ3) is 4.74. The first-order valence-electron chi connectivity index (χ1n) is 9.59. The largest absolute Gasteiger partial charge is 0.490 e. The molecule has 0 aliphatic carbocycles. The van der Waals surface area contributed by atoms with Gasteiger partial charge in [-0.1, -0.05) is 0 Å². The second-order valence-corrected chi connectivity index (χ2v) is 7.27. The number of hydrogen-bond donors (Lipinski definition) is 1. The maximum Gasteiger partial charge on any atom is 0.252 e. The van der Waals surface area contributed by atoms with Gasteiger partial charge in [-0.15, -0.1) is 0 Å². The summed E-state index contributed by atoms with van der Waals surface area (Å²) in [5, 5.41) is 10.2. The van der Waals surface area contributed by atoms with E-state index in [4.69, 9.17) is 20.5 Å². The summed E-state index contributed by atoms with van der Waals surface area (Å²) >= 11 is 0. The smallest absolute Gasteiger partial charge is 0.252 e. The molecule has 1 aliphatic heterocycles. The number of carbonyl (C=O) groups excluding carboxylic acids is 2. The number of aromatic nitrogens is 1. The highest BCUT2D eigenvalue weighted by Crippen LogP contribution is 2.32. The van der Waals surface area contributed by atoms with Crippen LogP contribution in [0.25, 0.3) is 10.8 Å². The van der Waals surface area contributed by atoms with Crippen LogP contribution in [0.2, 0.25) is 0 Å². The van der Waals surface area contributed by atoms with Crippen LogP contribution in [0.1, 0.15) is 43.5 Å². The summed E-state index contributed by atoms with van der Waals surface area (Å²) in [7, 11) is 0. The summed E-state index contributed by atoms with van der Waals surface area (Å²) in [6.45, 7) is 4.76. The van der Waals surface area contributed by atoms with E-state index in [1.807, 2.05) is 19.9 Å². The number of likely N-dealkylation sites (tertiary alicyclic amines) is 1. The number of rotatable bonds is 6. The predicted molar refractivity (Wildman–Crippen MR) is 106 cm³/mol. The van der Waals surface area contributed by atoms with Crippen molar-refractivity contribution in [3.05, 3.63) is 30.0 Å². The number of ether oxygens (including phenoxy) is 2. The normalized spacial score (nSPS) is 16.5. The van der Waals surface area contributed by atoms with Gasteiger partial charge in [0, 0.05) is 18.1 Å². The van der Waals surface area contributed by atoms with E-state index in [9.17, 15) is 9.59 Å². The first-order chi connectivity index (χ1) is 13.9. The zero-order valence-electron chi connectivity index (χ0n) is 16.6. The number of hydrogen-bond acceptors (Lipinski definition) is 6. The molecule has 3 rings (SSSR count). The van der Waals surface area contributed by atoms with E-state index in [1.165, 1.54) is 0 Å². The highest BCUT2D eigenvalue weighted by molar-refractivity contribution is 6.01. The fourth-order valence-electron chi connectivity index (χ4n) is 3.41. The van der Waals surface area contributed by atoms with Crippen molar-refractivity contribution in [3.8, 4) is 17.7 Å². The summed E-state index contributed by atoms with van der Waals surface area (Å²) in [6, 6.07) is 7.06. The first kappa shape index (κ1) is 20.4. The van der Waals surface area contributed by atoms with Gasteiger partial charge in [0.1, 0.15) is 18.3 Å². The third-order valence-corrected chi connectivity index (χ3v) is 4.70. The van der Waals surface area contributed by atoms with Gasteiger partial charge in [-0.3, -0.25) is 9.59 Å². The van der Waals surface area contributed by atoms with Crippen molar-refractivity contribution in [2.75, 3.05) is 13.1 Å². The molecule has 8 heteroatoms. The van der Waals surface area contributed by atoms with Gasteiger partial charge in [0.25, 0.3) is 5.91 Å². The molecule has 8 nitrogen and oxygen atoms in total. The van der Waals surface area contributed by atoms with Crippen LogP contribution >= 0.6 is 0 Å². The second-order valence-electron chi connectivity index (χ2n) is 7.27. The number of pyridine rings is 1. The molecule has 1 aromatic carbocycles. The Balaban J connectivity index is 1.90. The maximum atomic E-state index is 12.0. The van der Waals surface area contributed by atoms with Gasteiger partial charge in [0.05, 0.1) is 24.3 Å². The molecular formula is C21H24N4O4. The van der Waals surface area contributed by atoms with Crippen molar-refractivity contribution in [2.24, 2.45) is 5.73 Å². The highest BCUT2D eigenvalue weighted by Gasteiger charge is 2.26. The minimum Gasteiger partial charge on any atom is -0.490 e. The quantitative estimate of drug-likeness (QED) is 0.801. The molecule has 29 heavy (non-hydrogen) atoms. The molecule has 2 heterocycles. The van der Waals surface area contributed by atoms with Crippen LogP contribution in [0.5, 0.6) is 11.6 Å². The molecule has 152 valence electrons. The fourth-order valence-corrected chi connectivity index (χ4v) is 3.41. The minimum atomic E-state index is -0.569. The molecular weight excluding hydrogens is 372 g/mol. The van der Waals surface area contributed by atoms with Crippen LogP contribution in [-0.4, -0.2) is 47.0 Å². The van der Waals surface area contributed by atoms with E-state index in [0.717, 1.165) is 18.2 Å². The number of primary amides is 1. The number of amides is 2. The molecule has 0 unspecified atom stereocenters. The number of carbonyl (C=O) groups is 2. The average molecular weight is 396 g/mol. The maximum absolute atomic E-state index is 12.0. The molecule has 1 aromatic heterocycles. The Morgan fingerprint density at radius 1 is 1.41 bits per heavy atom. The number of piperidine rings is 1. The van der Waals surface area contributed by atoms with Crippen LogP contribution in [0.4, 0.5) is 0 Å². The standard InChI is InChI=1S/C21H24N4O4/c1-13(2)28-18-11-16-14(10-17(18)20(23)27)6-8-24-21(16)29-15-4-3-9-25(12-15)19(26)5-7-22/h6,8,10-11,13,15H,3-5,9,12H2,1-2H3,(H2,23,27)/t15-/m1/s1. The van der Waals surface area contributed by atoms with Gasteiger partial charge in [-0.05, 0) is 50.3 Å². The van der Waals surface area contributed by atoms with Crippen molar-refractivity contribution in [3.63, 3.8) is 0 Å². The molecule has 2 aromatic rings. The van der Waals surface area contributed by atoms with Crippen LogP contribution in [-0.2, 0) is 4.79 Å². The van der Waals surface area contributed by atoms with Crippen molar-refractivity contribution < 1.29 is 19.1 Å². The molecule has 0 saturated carbocycles. The Bertz CT molecular complexity index is 967. The number of fused-ring (bicyclic) bond motifs is 1. The number of nitrogens with two attached hydrogens (primary N) is 1. The summed E-state index contributed by atoms with van der Waals surface area (Å²) in [5.74, 6) is 0.0326. The summed E-state index contributed by atoms with van der Waals surface area (Å²) in [4.78, 5) is 29.9. The highest BCUT2D eigenvalue weighted by atomic mass is 16.5. The number of benzene rings is 1. The van der Waals surface area contributed by atoms with Crippen LogP contribution in [0.3, 0.4) is 0 Å². The SMILES string of the molecule is CC(C)Oc1cc2c(O[C@@H]3CCCN(C(=O)CC#N)C3)nccc2cc1C(N)=O. The summed E-state index contributed by atoms with van der Waals surface area (Å²) in [5.41, 5.74) is 5.81. The molecule has 1 aliphatic rings. The van der Waals surface area contributed by atoms with Crippen molar-refractivity contribution in [1.29, 1.82) is 5.26 Å². The number of nitrogens with zero attached hydrogens (tertiary/aromatic N) is 3. The second kappa shape index (κ2) is 8.78. The van der Waals surface area contributed by atoms with E-state index in [-0.39, 0.29) is 24.5 Å². The average Bonchev–Trinajstić information content (AvgIpc) is 2.68. The van der Waals surface area contributed by atoms with E-state index >= 15 is 0 Å². The molecule has 2 N–H and O–H groups in total.